The van der Waals surface area contributed by atoms with E-state index in [4.69, 9.17) is 0 Å². The summed E-state index contributed by atoms with van der Waals surface area (Å²) < 4.78 is 0. The minimum atomic E-state index is 0.761. The Morgan fingerprint density at radius 2 is 2.23 bits per heavy atom. The molecule has 1 heterocycles. The van der Waals surface area contributed by atoms with Crippen LogP contribution in [-0.4, -0.2) is 36.2 Å². The predicted molar refractivity (Wildman–Crippen MR) is 93.3 cm³/mol. The van der Waals surface area contributed by atoms with Gasteiger partial charge in [0, 0.05) is 37.9 Å². The number of hydrazine groups is 1. The minimum absolute atomic E-state index is 0.761. The number of pyridine rings is 1. The van der Waals surface area contributed by atoms with Gasteiger partial charge >= 0.3 is 0 Å². The molecule has 0 aliphatic carbocycles. The topological polar surface area (TPSA) is 40.2 Å². The van der Waals surface area contributed by atoms with Crippen LogP contribution in [0.3, 0.4) is 0 Å². The van der Waals surface area contributed by atoms with E-state index >= 15 is 0 Å². The fourth-order valence-corrected chi connectivity index (χ4v) is 2.03. The third-order valence-electron chi connectivity index (χ3n) is 3.16. The van der Waals surface area contributed by atoms with Gasteiger partial charge in [0.25, 0.3) is 0 Å². The quantitative estimate of drug-likeness (QED) is 0.302. The first-order chi connectivity index (χ1) is 10.8. The molecule has 2 N–H and O–H groups in total. The Kier molecular flexibility index (Phi) is 9.92. The highest BCUT2D eigenvalue weighted by molar-refractivity contribution is 5.18. The van der Waals surface area contributed by atoms with Crippen molar-refractivity contribution in [3.8, 4) is 0 Å². The number of nitrogens with zero attached hydrogens (tertiary/aromatic N) is 2. The van der Waals surface area contributed by atoms with E-state index in [1.54, 1.807) is 0 Å². The molecular weight excluding hydrogens is 272 g/mol. The molecule has 0 fully saturated rings. The average molecular weight is 300 g/mol. The van der Waals surface area contributed by atoms with Crippen molar-refractivity contribution < 1.29 is 0 Å². The van der Waals surface area contributed by atoms with Gasteiger partial charge in [0.2, 0.25) is 0 Å². The molecule has 0 unspecified atom stereocenters. The smallest absolute Gasteiger partial charge is 0.0555 e. The van der Waals surface area contributed by atoms with Gasteiger partial charge in [-0.3, -0.25) is 4.98 Å². The maximum absolute atomic E-state index is 4.32. The molecular formula is C18H28N4. The highest BCUT2D eigenvalue weighted by Gasteiger charge is 2.02. The first-order valence-corrected chi connectivity index (χ1v) is 7.92. The lowest BCUT2D eigenvalue weighted by Gasteiger charge is -2.21. The van der Waals surface area contributed by atoms with Crippen LogP contribution < -0.4 is 10.7 Å². The monoisotopic (exact) mass is 300 g/mol. The first kappa shape index (κ1) is 18.3. The van der Waals surface area contributed by atoms with Gasteiger partial charge in [-0.15, -0.1) is 5.73 Å². The van der Waals surface area contributed by atoms with Crippen molar-refractivity contribution in [1.82, 2.24) is 20.7 Å². The van der Waals surface area contributed by atoms with Gasteiger partial charge in [0.05, 0.1) is 12.2 Å². The van der Waals surface area contributed by atoms with Crippen LogP contribution in [0.1, 0.15) is 26.5 Å². The van der Waals surface area contributed by atoms with Crippen molar-refractivity contribution >= 4 is 0 Å². The Balaban J connectivity index is 2.28. The van der Waals surface area contributed by atoms with Crippen molar-refractivity contribution in [2.45, 2.75) is 27.3 Å². The fourth-order valence-electron chi connectivity index (χ4n) is 2.03. The number of hydrogen-bond acceptors (Lipinski definition) is 4. The van der Waals surface area contributed by atoms with Crippen LogP contribution in [0.2, 0.25) is 0 Å². The van der Waals surface area contributed by atoms with Crippen molar-refractivity contribution in [3.63, 3.8) is 0 Å². The second-order valence-corrected chi connectivity index (χ2v) is 4.87. The molecule has 4 nitrogen and oxygen atoms in total. The van der Waals surface area contributed by atoms with Crippen LogP contribution in [0.4, 0.5) is 0 Å². The van der Waals surface area contributed by atoms with Gasteiger partial charge in [-0.1, -0.05) is 25.1 Å². The molecule has 0 saturated heterocycles. The van der Waals surface area contributed by atoms with Crippen LogP contribution in [0.25, 0.3) is 0 Å². The van der Waals surface area contributed by atoms with Gasteiger partial charge in [0.1, 0.15) is 0 Å². The largest absolute Gasteiger partial charge is 0.311 e. The molecule has 1 aromatic heterocycles. The van der Waals surface area contributed by atoms with Crippen molar-refractivity contribution in [2.24, 2.45) is 0 Å². The van der Waals surface area contributed by atoms with E-state index in [2.05, 4.69) is 39.5 Å². The molecule has 120 valence electrons. The third kappa shape index (κ3) is 7.91. The Hall–Kier alpha value is -1.71. The summed E-state index contributed by atoms with van der Waals surface area (Å²) in [6.45, 7) is 10.6. The minimum Gasteiger partial charge on any atom is -0.311 e. The van der Waals surface area contributed by atoms with Gasteiger partial charge in [0.15, 0.2) is 0 Å². The van der Waals surface area contributed by atoms with Crippen LogP contribution in [0, 0.1) is 0 Å². The molecule has 0 spiro atoms. The molecule has 22 heavy (non-hydrogen) atoms. The highest BCUT2D eigenvalue weighted by atomic mass is 15.5. The van der Waals surface area contributed by atoms with E-state index in [-0.39, 0.29) is 0 Å². The summed E-state index contributed by atoms with van der Waals surface area (Å²) in [4.78, 5) is 4.32. The normalized spacial score (nSPS) is 10.9. The maximum Gasteiger partial charge on any atom is 0.0555 e. The van der Waals surface area contributed by atoms with Crippen molar-refractivity contribution in [1.29, 1.82) is 0 Å². The first-order valence-electron chi connectivity index (χ1n) is 7.92. The molecule has 1 rings (SSSR count). The highest BCUT2D eigenvalue weighted by Crippen LogP contribution is 1.94. The molecule has 0 amide bonds. The Morgan fingerprint density at radius 3 is 2.86 bits per heavy atom. The van der Waals surface area contributed by atoms with Crippen molar-refractivity contribution in [3.05, 3.63) is 59.6 Å². The molecule has 0 saturated carbocycles. The molecule has 0 radical (unpaired) electrons. The average Bonchev–Trinajstić information content (AvgIpc) is 2.55. The number of likely N-dealkylation sites (N-methyl/N-ethyl adjacent to an activating group) is 1. The summed E-state index contributed by atoms with van der Waals surface area (Å²) in [5, 5.41) is 5.65. The molecule has 1 aromatic rings. The van der Waals surface area contributed by atoms with Crippen LogP contribution in [0.5, 0.6) is 0 Å². The summed E-state index contributed by atoms with van der Waals surface area (Å²) in [5.41, 5.74) is 8.88. The predicted octanol–water partition coefficient (Wildman–Crippen LogP) is 2.68. The summed E-state index contributed by atoms with van der Waals surface area (Å²) in [7, 11) is 0. The summed E-state index contributed by atoms with van der Waals surface area (Å²) in [6, 6.07) is 5.98. The van der Waals surface area contributed by atoms with E-state index in [0.29, 0.717) is 0 Å². The number of aromatic nitrogens is 1. The van der Waals surface area contributed by atoms with Gasteiger partial charge in [-0.25, -0.2) is 10.4 Å². The molecule has 0 bridgehead atoms. The van der Waals surface area contributed by atoms with Gasteiger partial charge < -0.3 is 5.32 Å². The lowest BCUT2D eigenvalue weighted by atomic mass is 10.2. The number of hydrogen-bond donors (Lipinski definition) is 2. The van der Waals surface area contributed by atoms with Crippen LogP contribution in [-0.2, 0) is 6.54 Å². The van der Waals surface area contributed by atoms with E-state index in [9.17, 15) is 0 Å². The number of rotatable bonds is 10. The zero-order valence-electron chi connectivity index (χ0n) is 14.0. The van der Waals surface area contributed by atoms with Crippen LogP contribution in [0.15, 0.2) is 53.9 Å². The van der Waals surface area contributed by atoms with E-state index in [1.807, 2.05) is 50.4 Å². The molecule has 0 atom stereocenters. The standard InChI is InChI=1S/C18H28N4/c1-4-9-17(10-5-2)15-19-13-14-22(6-3)21-16-18-11-7-8-12-20-18/h4-5,7-9,11-12,19,21H,6,13-16H2,1-3H3/b9-4-. The molecule has 4 heteroatoms. The van der Waals surface area contributed by atoms with Gasteiger partial charge in [-0.05, 0) is 32.1 Å². The fraction of sp³-hybridized carbons (Fsp3) is 0.444. The Labute approximate surface area is 134 Å². The zero-order chi connectivity index (χ0) is 16.0. The van der Waals surface area contributed by atoms with Crippen LogP contribution >= 0.6 is 0 Å². The maximum atomic E-state index is 4.32. The molecule has 0 aliphatic heterocycles. The SMILES string of the molecule is CC=C=C(/C=C\C)CNCCN(CC)NCc1ccccn1. The number of nitrogens with one attached hydrogen (secondary N) is 2. The number of allylic oxidation sites excluding steroid dienone is 1. The van der Waals surface area contributed by atoms with E-state index < -0.39 is 0 Å². The summed E-state index contributed by atoms with van der Waals surface area (Å²) in [6.07, 6.45) is 7.90. The summed E-state index contributed by atoms with van der Waals surface area (Å²) in [5.74, 6) is 0. The second kappa shape index (κ2) is 11.9. The lowest BCUT2D eigenvalue weighted by molar-refractivity contribution is 0.194. The molecule has 0 aromatic carbocycles. The Bertz CT molecular complexity index is 487. The lowest BCUT2D eigenvalue weighted by Crippen LogP contribution is -2.42. The summed E-state index contributed by atoms with van der Waals surface area (Å²) >= 11 is 0. The van der Waals surface area contributed by atoms with Gasteiger partial charge in [-0.2, -0.15) is 0 Å². The zero-order valence-corrected chi connectivity index (χ0v) is 14.0. The molecule has 0 aliphatic rings. The second-order valence-electron chi connectivity index (χ2n) is 4.87. The van der Waals surface area contributed by atoms with E-state index in [0.717, 1.165) is 38.4 Å². The van der Waals surface area contributed by atoms with Crippen molar-refractivity contribution in [2.75, 3.05) is 26.2 Å². The van der Waals surface area contributed by atoms with E-state index in [1.165, 1.54) is 5.57 Å². The third-order valence-corrected chi connectivity index (χ3v) is 3.16. The Morgan fingerprint density at radius 1 is 1.36 bits per heavy atom.